The lowest BCUT2D eigenvalue weighted by Gasteiger charge is -2.15. The van der Waals surface area contributed by atoms with Crippen molar-refractivity contribution in [1.29, 1.82) is 0 Å². The highest BCUT2D eigenvalue weighted by Crippen LogP contribution is 2.34. The molecule has 2 heterocycles. The van der Waals surface area contributed by atoms with Crippen molar-refractivity contribution in [2.24, 2.45) is 0 Å². The van der Waals surface area contributed by atoms with Crippen molar-refractivity contribution in [3.63, 3.8) is 0 Å². The molecule has 0 radical (unpaired) electrons. The quantitative estimate of drug-likeness (QED) is 0.628. The Bertz CT molecular complexity index is 570. The lowest BCUT2D eigenvalue weighted by molar-refractivity contribution is -0.0376. The van der Waals surface area contributed by atoms with Gasteiger partial charge in [0.15, 0.2) is 0 Å². The summed E-state index contributed by atoms with van der Waals surface area (Å²) in [4.78, 5) is 32.6. The zero-order valence-corrected chi connectivity index (χ0v) is 11.5. The molecule has 0 saturated carbocycles. The van der Waals surface area contributed by atoms with Crippen LogP contribution in [-0.4, -0.2) is 38.4 Å². The van der Waals surface area contributed by atoms with E-state index in [1.807, 2.05) is 0 Å². The number of anilines is 1. The van der Waals surface area contributed by atoms with E-state index in [1.165, 1.54) is 16.8 Å². The van der Waals surface area contributed by atoms with E-state index in [2.05, 4.69) is 4.98 Å². The summed E-state index contributed by atoms with van der Waals surface area (Å²) in [5, 5.41) is 0. The van der Waals surface area contributed by atoms with Gasteiger partial charge in [0, 0.05) is 6.20 Å². The fraction of sp³-hybridized carbons (Fsp3) is 0.600. The molecule has 9 nitrogen and oxygen atoms in total. The number of aromatic nitrogens is 2. The van der Waals surface area contributed by atoms with Gasteiger partial charge in [-0.3, -0.25) is 9.13 Å². The molecule has 0 unspecified atom stereocenters. The normalized spacial score (nSPS) is 23.1. The monoisotopic (exact) mass is 305 g/mol. The summed E-state index contributed by atoms with van der Waals surface area (Å²) in [6.07, 6.45) is 1.32. The third kappa shape index (κ3) is 4.12. The molecule has 0 bridgehead atoms. The van der Waals surface area contributed by atoms with E-state index in [0.29, 0.717) is 12.8 Å². The Morgan fingerprint density at radius 2 is 2.30 bits per heavy atom. The molecule has 112 valence electrons. The molecular formula is C10H16N3O6P. The summed E-state index contributed by atoms with van der Waals surface area (Å²) < 4.78 is 22.5. The van der Waals surface area contributed by atoms with E-state index >= 15 is 0 Å². The van der Waals surface area contributed by atoms with Crippen molar-refractivity contribution in [2.45, 2.75) is 25.2 Å². The van der Waals surface area contributed by atoms with Crippen LogP contribution in [0.3, 0.4) is 0 Å². The minimum absolute atomic E-state index is 0.0682. The van der Waals surface area contributed by atoms with Crippen LogP contribution in [0.15, 0.2) is 17.1 Å². The van der Waals surface area contributed by atoms with Crippen molar-refractivity contribution < 1.29 is 23.8 Å². The standard InChI is InChI=1S/C10H16N3O6P/c11-8-3-4-13(10(14)12-8)9-2-1-7(19-9)5-18-6-20(15,16)17/h3-4,7,9H,1-2,5-6H2,(H2,11,12,14)(H2,15,16,17)/t7-,9+/m0/s1. The highest BCUT2D eigenvalue weighted by atomic mass is 31.2. The summed E-state index contributed by atoms with van der Waals surface area (Å²) >= 11 is 0. The van der Waals surface area contributed by atoms with E-state index in [0.717, 1.165) is 0 Å². The van der Waals surface area contributed by atoms with Gasteiger partial charge in [-0.05, 0) is 18.9 Å². The zero-order chi connectivity index (χ0) is 14.8. The second-order valence-corrected chi connectivity index (χ2v) is 6.08. The zero-order valence-electron chi connectivity index (χ0n) is 10.6. The molecule has 0 spiro atoms. The predicted octanol–water partition coefficient (Wildman–Crippen LogP) is -0.345. The minimum Gasteiger partial charge on any atom is -0.383 e. The first kappa shape index (κ1) is 15.1. The molecule has 1 fully saturated rings. The van der Waals surface area contributed by atoms with Crippen molar-refractivity contribution in [1.82, 2.24) is 9.55 Å². The van der Waals surface area contributed by atoms with Gasteiger partial charge in [-0.1, -0.05) is 0 Å². The van der Waals surface area contributed by atoms with Gasteiger partial charge in [-0.2, -0.15) is 4.98 Å². The van der Waals surface area contributed by atoms with E-state index in [4.69, 9.17) is 25.0 Å². The van der Waals surface area contributed by atoms with Crippen molar-refractivity contribution >= 4 is 13.4 Å². The number of ether oxygens (including phenoxy) is 2. The first-order valence-corrected chi connectivity index (χ1v) is 7.77. The Balaban J connectivity index is 1.89. The fourth-order valence-corrected chi connectivity index (χ4v) is 2.31. The molecular weight excluding hydrogens is 289 g/mol. The third-order valence-electron chi connectivity index (χ3n) is 2.81. The van der Waals surface area contributed by atoms with Gasteiger partial charge in [-0.25, -0.2) is 4.79 Å². The molecule has 20 heavy (non-hydrogen) atoms. The van der Waals surface area contributed by atoms with E-state index in [-0.39, 0.29) is 18.5 Å². The summed E-state index contributed by atoms with van der Waals surface area (Å²) in [6, 6.07) is 1.50. The Hall–Kier alpha value is -1.25. The molecule has 1 aliphatic rings. The van der Waals surface area contributed by atoms with Crippen molar-refractivity contribution in [3.8, 4) is 0 Å². The van der Waals surface area contributed by atoms with Gasteiger partial charge in [0.2, 0.25) is 0 Å². The summed E-state index contributed by atoms with van der Waals surface area (Å²) in [7, 11) is -4.17. The van der Waals surface area contributed by atoms with Crippen molar-refractivity contribution in [2.75, 3.05) is 18.7 Å². The van der Waals surface area contributed by atoms with Crippen LogP contribution < -0.4 is 11.4 Å². The van der Waals surface area contributed by atoms with Crippen LogP contribution in [0.2, 0.25) is 0 Å². The SMILES string of the molecule is Nc1ccn([C@H]2CC[C@@H](COCP(=O)(O)O)O2)c(=O)n1. The lowest BCUT2D eigenvalue weighted by Crippen LogP contribution is -2.28. The second kappa shape index (κ2) is 6.02. The van der Waals surface area contributed by atoms with Crippen LogP contribution in [0.1, 0.15) is 19.1 Å². The Labute approximate surface area is 114 Å². The van der Waals surface area contributed by atoms with Gasteiger partial charge >= 0.3 is 13.3 Å². The number of rotatable bonds is 5. The van der Waals surface area contributed by atoms with E-state index < -0.39 is 25.9 Å². The molecule has 0 amide bonds. The molecule has 2 atom stereocenters. The van der Waals surface area contributed by atoms with Crippen LogP contribution >= 0.6 is 7.60 Å². The van der Waals surface area contributed by atoms with E-state index in [9.17, 15) is 9.36 Å². The highest BCUT2D eigenvalue weighted by molar-refractivity contribution is 7.51. The predicted molar refractivity (Wildman–Crippen MR) is 68.9 cm³/mol. The molecule has 10 heteroatoms. The van der Waals surface area contributed by atoms with Crippen LogP contribution in [0.25, 0.3) is 0 Å². The molecule has 0 aliphatic carbocycles. The number of nitrogens with two attached hydrogens (primary N) is 1. The largest absolute Gasteiger partial charge is 0.383 e. The first-order valence-electron chi connectivity index (χ1n) is 5.97. The molecule has 0 aromatic carbocycles. The smallest absolute Gasteiger partial charge is 0.351 e. The minimum atomic E-state index is -4.17. The maximum Gasteiger partial charge on any atom is 0.351 e. The molecule has 2 rings (SSSR count). The molecule has 1 saturated heterocycles. The second-order valence-electron chi connectivity index (χ2n) is 4.50. The molecule has 1 aromatic rings. The summed E-state index contributed by atoms with van der Waals surface area (Å²) in [6.45, 7) is 0.0682. The van der Waals surface area contributed by atoms with E-state index in [1.54, 1.807) is 0 Å². The fourth-order valence-electron chi connectivity index (χ4n) is 1.96. The topological polar surface area (TPSA) is 137 Å². The lowest BCUT2D eigenvalue weighted by atomic mass is 10.2. The van der Waals surface area contributed by atoms with Crippen LogP contribution in [0.4, 0.5) is 5.82 Å². The molecule has 4 N–H and O–H groups in total. The number of nitrogen functional groups attached to an aromatic ring is 1. The van der Waals surface area contributed by atoms with Gasteiger partial charge in [-0.15, -0.1) is 0 Å². The summed E-state index contributed by atoms with van der Waals surface area (Å²) in [5.74, 6) is 0.144. The van der Waals surface area contributed by atoms with Gasteiger partial charge < -0.3 is 25.0 Å². The Morgan fingerprint density at radius 3 is 2.95 bits per heavy atom. The first-order chi connectivity index (χ1) is 9.35. The Kier molecular flexibility index (Phi) is 4.56. The summed E-state index contributed by atoms with van der Waals surface area (Å²) in [5.41, 5.74) is 4.91. The molecule has 1 aromatic heterocycles. The Morgan fingerprint density at radius 1 is 1.55 bits per heavy atom. The highest BCUT2D eigenvalue weighted by Gasteiger charge is 2.28. The average Bonchev–Trinajstić information content (AvgIpc) is 2.75. The maximum absolute atomic E-state index is 11.6. The van der Waals surface area contributed by atoms with Gasteiger partial charge in [0.1, 0.15) is 18.4 Å². The van der Waals surface area contributed by atoms with Gasteiger partial charge in [0.05, 0.1) is 12.7 Å². The number of nitrogens with zero attached hydrogens (tertiary/aromatic N) is 2. The van der Waals surface area contributed by atoms with Crippen molar-refractivity contribution in [3.05, 3.63) is 22.7 Å². The van der Waals surface area contributed by atoms with Crippen LogP contribution in [-0.2, 0) is 14.0 Å². The van der Waals surface area contributed by atoms with Gasteiger partial charge in [0.25, 0.3) is 0 Å². The average molecular weight is 305 g/mol. The third-order valence-corrected chi connectivity index (χ3v) is 3.33. The van der Waals surface area contributed by atoms with Crippen LogP contribution in [0.5, 0.6) is 0 Å². The molecule has 1 aliphatic heterocycles. The maximum atomic E-state index is 11.6. The van der Waals surface area contributed by atoms with Crippen LogP contribution in [0, 0.1) is 0 Å². The number of hydrogen-bond acceptors (Lipinski definition) is 6. The number of hydrogen-bond donors (Lipinski definition) is 3.